The number of pyridine rings is 1. The van der Waals surface area contributed by atoms with E-state index in [0.29, 0.717) is 11.1 Å². The summed E-state index contributed by atoms with van der Waals surface area (Å²) in [7, 11) is -3.62. The van der Waals surface area contributed by atoms with Gasteiger partial charge < -0.3 is 5.32 Å². The van der Waals surface area contributed by atoms with Crippen LogP contribution in [0.25, 0.3) is 6.08 Å². The van der Waals surface area contributed by atoms with E-state index in [9.17, 15) is 30.8 Å². The van der Waals surface area contributed by atoms with Gasteiger partial charge in [-0.3, -0.25) is 14.5 Å². The minimum absolute atomic E-state index is 0.0372. The van der Waals surface area contributed by atoms with Crippen LogP contribution in [-0.4, -0.2) is 25.6 Å². The predicted octanol–water partition coefficient (Wildman–Crippen LogP) is 2.94. The van der Waals surface area contributed by atoms with Crippen molar-refractivity contribution in [3.05, 3.63) is 65.2 Å². The topological polar surface area (TPSA) is 88.2 Å². The van der Waals surface area contributed by atoms with Gasteiger partial charge in [-0.25, -0.2) is 12.8 Å². The normalized spacial score (nSPS) is 12.2. The van der Waals surface area contributed by atoms with Crippen molar-refractivity contribution in [1.82, 2.24) is 10.3 Å². The molecule has 0 unspecified atom stereocenters. The monoisotopic (exact) mass is 417 g/mol. The van der Waals surface area contributed by atoms with Gasteiger partial charge in [0, 0.05) is 18.8 Å². The molecule has 11 heteroatoms. The number of nitrogens with one attached hydrogen (secondary N) is 2. The molecule has 1 aromatic carbocycles. The summed E-state index contributed by atoms with van der Waals surface area (Å²) in [5.41, 5.74) is -0.572. The van der Waals surface area contributed by atoms with Gasteiger partial charge in [-0.1, -0.05) is 12.1 Å². The Hall–Kier alpha value is -2.95. The molecule has 0 bridgehead atoms. The summed E-state index contributed by atoms with van der Waals surface area (Å²) in [5, 5.41) is 2.47. The zero-order valence-corrected chi connectivity index (χ0v) is 15.2. The molecule has 1 amide bonds. The molecule has 0 saturated carbocycles. The number of aromatic nitrogens is 1. The second-order valence-electron chi connectivity index (χ2n) is 5.71. The van der Waals surface area contributed by atoms with Crippen molar-refractivity contribution in [1.29, 1.82) is 0 Å². The lowest BCUT2D eigenvalue weighted by Gasteiger charge is -2.08. The number of rotatable bonds is 6. The SMILES string of the molecule is CS(=O)(=O)Nc1ccc(CNC(=O)/C=C/c2ccc(C(F)(F)F)nc2)cc1F. The van der Waals surface area contributed by atoms with Gasteiger partial charge in [-0.2, -0.15) is 13.2 Å². The fourth-order valence-corrected chi connectivity index (χ4v) is 2.61. The molecule has 0 atom stereocenters. The van der Waals surface area contributed by atoms with Crippen LogP contribution in [0, 0.1) is 5.82 Å². The summed E-state index contributed by atoms with van der Waals surface area (Å²) < 4.78 is 75.4. The number of nitrogens with zero attached hydrogens (tertiary/aromatic N) is 1. The van der Waals surface area contributed by atoms with E-state index in [0.717, 1.165) is 30.7 Å². The third kappa shape index (κ3) is 6.65. The number of anilines is 1. The van der Waals surface area contributed by atoms with Crippen LogP contribution in [-0.2, 0) is 27.5 Å². The molecule has 2 N–H and O–H groups in total. The van der Waals surface area contributed by atoms with Gasteiger partial charge >= 0.3 is 6.18 Å². The molecule has 150 valence electrons. The Kier molecular flexibility index (Phi) is 6.39. The van der Waals surface area contributed by atoms with Crippen molar-refractivity contribution in [2.45, 2.75) is 12.7 Å². The first kappa shape index (κ1) is 21.4. The molecule has 0 aliphatic carbocycles. The lowest BCUT2D eigenvalue weighted by molar-refractivity contribution is -0.141. The molecular formula is C17H15F4N3O3S. The van der Waals surface area contributed by atoms with Gasteiger partial charge in [0.2, 0.25) is 15.9 Å². The van der Waals surface area contributed by atoms with Crippen LogP contribution >= 0.6 is 0 Å². The summed E-state index contributed by atoms with van der Waals surface area (Å²) >= 11 is 0. The fourth-order valence-electron chi connectivity index (χ4n) is 2.04. The van der Waals surface area contributed by atoms with E-state index >= 15 is 0 Å². The Labute approximate surface area is 158 Å². The van der Waals surface area contributed by atoms with Crippen LogP contribution < -0.4 is 10.0 Å². The Bertz CT molecular complexity index is 988. The van der Waals surface area contributed by atoms with Crippen molar-refractivity contribution in [2.75, 3.05) is 11.0 Å². The summed E-state index contributed by atoms with van der Waals surface area (Å²) in [6, 6.07) is 5.69. The second-order valence-corrected chi connectivity index (χ2v) is 7.46. The molecule has 0 fully saturated rings. The summed E-state index contributed by atoms with van der Waals surface area (Å²) in [6.45, 7) is -0.0372. The van der Waals surface area contributed by atoms with E-state index in [2.05, 4.69) is 10.3 Å². The Balaban J connectivity index is 1.93. The maximum atomic E-state index is 13.9. The standard InChI is InChI=1S/C17H15F4N3O3S/c1-28(26,27)24-14-5-2-12(8-13(14)18)10-23-16(25)7-4-11-3-6-15(22-9-11)17(19,20)21/h2-9,24H,10H2,1H3,(H,23,25)/b7-4+. The molecule has 0 aliphatic rings. The molecular weight excluding hydrogens is 402 g/mol. The van der Waals surface area contributed by atoms with Crippen LogP contribution in [0.15, 0.2) is 42.6 Å². The van der Waals surface area contributed by atoms with Gasteiger partial charge in [0.15, 0.2) is 0 Å². The first-order valence-corrected chi connectivity index (χ1v) is 9.58. The molecule has 0 aliphatic heterocycles. The van der Waals surface area contributed by atoms with E-state index in [1.165, 1.54) is 24.3 Å². The lowest BCUT2D eigenvalue weighted by Crippen LogP contribution is -2.20. The smallest absolute Gasteiger partial charge is 0.348 e. The number of sulfonamides is 1. The van der Waals surface area contributed by atoms with Crippen molar-refractivity contribution in [2.24, 2.45) is 0 Å². The van der Waals surface area contributed by atoms with Crippen molar-refractivity contribution < 1.29 is 30.8 Å². The second kappa shape index (κ2) is 8.38. The molecule has 1 aromatic heterocycles. The van der Waals surface area contributed by atoms with Gasteiger partial charge in [-0.15, -0.1) is 0 Å². The first-order valence-electron chi connectivity index (χ1n) is 7.69. The number of hydrogen-bond donors (Lipinski definition) is 2. The van der Waals surface area contributed by atoms with Crippen LogP contribution in [0.5, 0.6) is 0 Å². The highest BCUT2D eigenvalue weighted by Gasteiger charge is 2.31. The Morgan fingerprint density at radius 1 is 1.21 bits per heavy atom. The van der Waals surface area contributed by atoms with Crippen LogP contribution in [0.2, 0.25) is 0 Å². The average Bonchev–Trinajstić information content (AvgIpc) is 2.59. The molecule has 2 rings (SSSR count). The number of carbonyl (C=O) groups excluding carboxylic acids is 1. The highest BCUT2D eigenvalue weighted by Crippen LogP contribution is 2.27. The summed E-state index contributed by atoms with van der Waals surface area (Å²) in [4.78, 5) is 15.0. The number of carbonyl (C=O) groups is 1. The molecule has 0 saturated heterocycles. The highest BCUT2D eigenvalue weighted by molar-refractivity contribution is 7.92. The number of halogens is 4. The maximum absolute atomic E-state index is 13.9. The maximum Gasteiger partial charge on any atom is 0.433 e. The van der Waals surface area contributed by atoms with Crippen molar-refractivity contribution >= 4 is 27.7 Å². The quantitative estimate of drug-likeness (QED) is 0.559. The van der Waals surface area contributed by atoms with Crippen molar-refractivity contribution in [3.63, 3.8) is 0 Å². The Morgan fingerprint density at radius 3 is 2.46 bits per heavy atom. The van der Waals surface area contributed by atoms with E-state index in [4.69, 9.17) is 0 Å². The Morgan fingerprint density at radius 2 is 1.93 bits per heavy atom. The first-order chi connectivity index (χ1) is 12.9. The van der Waals surface area contributed by atoms with Crippen LogP contribution in [0.1, 0.15) is 16.8 Å². The number of amides is 1. The fraction of sp³-hybridized carbons (Fsp3) is 0.176. The van der Waals surface area contributed by atoms with Gasteiger partial charge in [0.1, 0.15) is 11.5 Å². The third-order valence-electron chi connectivity index (χ3n) is 3.30. The van der Waals surface area contributed by atoms with Crippen molar-refractivity contribution in [3.8, 4) is 0 Å². The highest BCUT2D eigenvalue weighted by atomic mass is 32.2. The number of benzene rings is 1. The van der Waals surface area contributed by atoms with Crippen LogP contribution in [0.4, 0.5) is 23.2 Å². The van der Waals surface area contributed by atoms with E-state index in [1.54, 1.807) is 0 Å². The summed E-state index contributed by atoms with van der Waals surface area (Å²) in [6.07, 6.45) is -0.293. The predicted molar refractivity (Wildman–Crippen MR) is 95.0 cm³/mol. The number of alkyl halides is 3. The largest absolute Gasteiger partial charge is 0.433 e. The number of hydrogen-bond acceptors (Lipinski definition) is 4. The van der Waals surface area contributed by atoms with E-state index < -0.39 is 33.6 Å². The molecule has 0 spiro atoms. The lowest BCUT2D eigenvalue weighted by atomic mass is 10.2. The zero-order valence-electron chi connectivity index (χ0n) is 14.4. The van der Waals surface area contributed by atoms with E-state index in [-0.39, 0.29) is 12.2 Å². The van der Waals surface area contributed by atoms with Gasteiger partial charge in [0.05, 0.1) is 11.9 Å². The van der Waals surface area contributed by atoms with Gasteiger partial charge in [0.25, 0.3) is 0 Å². The van der Waals surface area contributed by atoms with Crippen LogP contribution in [0.3, 0.4) is 0 Å². The zero-order chi connectivity index (χ0) is 20.9. The third-order valence-corrected chi connectivity index (χ3v) is 3.89. The van der Waals surface area contributed by atoms with Gasteiger partial charge in [-0.05, 0) is 35.4 Å². The molecule has 6 nitrogen and oxygen atoms in total. The minimum atomic E-state index is -4.54. The summed E-state index contributed by atoms with van der Waals surface area (Å²) in [5.74, 6) is -1.36. The average molecular weight is 417 g/mol. The molecule has 1 heterocycles. The molecule has 28 heavy (non-hydrogen) atoms. The minimum Gasteiger partial charge on any atom is -0.348 e. The van der Waals surface area contributed by atoms with E-state index in [1.807, 2.05) is 4.72 Å². The molecule has 2 aromatic rings. The molecule has 0 radical (unpaired) electrons.